The highest BCUT2D eigenvalue weighted by molar-refractivity contribution is 7.99. The molecule has 198 valence electrons. The highest BCUT2D eigenvalue weighted by Crippen LogP contribution is 2.28. The minimum Gasteiger partial charge on any atom is -0.379 e. The molecule has 0 radical (unpaired) electrons. The van der Waals surface area contributed by atoms with Crippen LogP contribution in [0.5, 0.6) is 0 Å². The Morgan fingerprint density at radius 3 is 2.10 bits per heavy atom. The molecule has 1 amide bonds. The second-order valence-electron chi connectivity index (χ2n) is 8.33. The maximum absolute atomic E-state index is 12.9. The summed E-state index contributed by atoms with van der Waals surface area (Å²) >= 11 is 1.59. The number of hydrogen-bond donors (Lipinski definition) is 2. The number of benzene rings is 4. The van der Waals surface area contributed by atoms with Crippen LogP contribution in [-0.2, 0) is 10.0 Å². The summed E-state index contributed by atoms with van der Waals surface area (Å²) in [4.78, 5) is 24.3. The summed E-state index contributed by atoms with van der Waals surface area (Å²) in [5.74, 6) is -0.186. The van der Waals surface area contributed by atoms with E-state index in [1.165, 1.54) is 24.3 Å². The molecular weight excluding hydrogens is 534 g/mol. The quantitative estimate of drug-likeness (QED) is 0.0751. The molecule has 2 N–H and O–H groups in total. The lowest BCUT2D eigenvalue weighted by Gasteiger charge is -2.10. The molecule has 4 aromatic carbocycles. The second kappa shape index (κ2) is 12.9. The lowest BCUT2D eigenvalue weighted by atomic mass is 10.1. The van der Waals surface area contributed by atoms with Crippen LogP contribution in [0.2, 0.25) is 0 Å². The molecule has 0 fully saturated rings. The van der Waals surface area contributed by atoms with Crippen molar-refractivity contribution in [3.05, 3.63) is 130 Å². The Bertz CT molecular complexity index is 1570. The van der Waals surface area contributed by atoms with Gasteiger partial charge in [0.25, 0.3) is 21.6 Å². The first-order chi connectivity index (χ1) is 18.8. The van der Waals surface area contributed by atoms with E-state index in [0.29, 0.717) is 12.3 Å². The van der Waals surface area contributed by atoms with E-state index in [0.717, 1.165) is 22.1 Å². The number of thioether (sulfide) groups is 1. The van der Waals surface area contributed by atoms with Crippen molar-refractivity contribution < 1.29 is 18.1 Å². The Balaban J connectivity index is 1.40. The van der Waals surface area contributed by atoms with E-state index in [2.05, 4.69) is 5.32 Å². The number of amides is 1. The molecule has 0 saturated carbocycles. The molecule has 0 atom stereocenters. The Morgan fingerprint density at radius 1 is 0.846 bits per heavy atom. The SMILES string of the molecule is O=C(NS(=O)(=O)c1ccc(NCCSc2ccccc2)c([N+](=O)[O-])c1)c1ccc(C=Cc2ccccc2)cc1. The maximum atomic E-state index is 12.9. The fraction of sp³-hybridized carbons (Fsp3) is 0.0690. The van der Waals surface area contributed by atoms with E-state index in [9.17, 15) is 23.3 Å². The number of rotatable bonds is 11. The summed E-state index contributed by atoms with van der Waals surface area (Å²) in [5, 5.41) is 14.6. The van der Waals surface area contributed by atoms with Crippen LogP contribution in [0.15, 0.2) is 113 Å². The molecule has 0 aromatic heterocycles. The predicted molar refractivity (Wildman–Crippen MR) is 155 cm³/mol. The van der Waals surface area contributed by atoms with Gasteiger partial charge in [-0.05, 0) is 47.5 Å². The standard InChI is InChI=1S/C29H25N3O5S2/c33-29(24-15-13-23(14-16-24)12-11-22-7-3-1-4-8-22)31-39(36,37)26-17-18-27(28(21-26)32(34)35)30-19-20-38-25-9-5-2-6-10-25/h1-18,21,30H,19-20H2,(H,31,33). The normalized spacial score (nSPS) is 11.3. The fourth-order valence-electron chi connectivity index (χ4n) is 3.59. The van der Waals surface area contributed by atoms with E-state index >= 15 is 0 Å². The zero-order chi connectivity index (χ0) is 27.7. The number of carbonyl (C=O) groups excluding carboxylic acids is 1. The number of nitrogens with zero attached hydrogens (tertiary/aromatic N) is 1. The van der Waals surface area contributed by atoms with Gasteiger partial charge in [0.15, 0.2) is 0 Å². The number of nitro groups is 1. The van der Waals surface area contributed by atoms with E-state index in [-0.39, 0.29) is 16.1 Å². The maximum Gasteiger partial charge on any atom is 0.293 e. The number of sulfonamides is 1. The molecule has 0 aliphatic heterocycles. The summed E-state index contributed by atoms with van der Waals surface area (Å²) < 4.78 is 27.7. The second-order valence-corrected chi connectivity index (χ2v) is 11.2. The minimum absolute atomic E-state index is 0.138. The molecule has 0 aliphatic rings. The zero-order valence-corrected chi connectivity index (χ0v) is 22.3. The largest absolute Gasteiger partial charge is 0.379 e. The number of anilines is 1. The molecular formula is C29H25N3O5S2. The van der Waals surface area contributed by atoms with Crippen molar-refractivity contribution in [1.29, 1.82) is 0 Å². The number of nitrogens with one attached hydrogen (secondary N) is 2. The van der Waals surface area contributed by atoms with Crippen molar-refractivity contribution in [3.8, 4) is 0 Å². The third-order valence-corrected chi connectivity index (χ3v) is 7.92. The zero-order valence-electron chi connectivity index (χ0n) is 20.7. The van der Waals surface area contributed by atoms with Gasteiger partial charge in [-0.25, -0.2) is 13.1 Å². The Morgan fingerprint density at radius 2 is 1.46 bits per heavy atom. The number of carbonyl (C=O) groups is 1. The summed E-state index contributed by atoms with van der Waals surface area (Å²) in [6.45, 7) is 0.430. The average Bonchev–Trinajstić information content (AvgIpc) is 2.95. The average molecular weight is 560 g/mol. The topological polar surface area (TPSA) is 118 Å². The minimum atomic E-state index is -4.35. The summed E-state index contributed by atoms with van der Waals surface area (Å²) in [7, 11) is -4.35. The van der Waals surface area contributed by atoms with Gasteiger partial charge in [0.1, 0.15) is 5.69 Å². The van der Waals surface area contributed by atoms with Crippen LogP contribution in [0.1, 0.15) is 21.5 Å². The molecule has 8 nitrogen and oxygen atoms in total. The highest BCUT2D eigenvalue weighted by atomic mass is 32.2. The third-order valence-electron chi connectivity index (χ3n) is 5.57. The highest BCUT2D eigenvalue weighted by Gasteiger charge is 2.23. The molecule has 0 bridgehead atoms. The van der Waals surface area contributed by atoms with Crippen molar-refractivity contribution in [2.45, 2.75) is 9.79 Å². The predicted octanol–water partition coefficient (Wildman–Crippen LogP) is 6.09. The van der Waals surface area contributed by atoms with Gasteiger partial charge in [0.2, 0.25) is 0 Å². The van der Waals surface area contributed by atoms with Gasteiger partial charge in [-0.2, -0.15) is 0 Å². The molecule has 39 heavy (non-hydrogen) atoms. The van der Waals surface area contributed by atoms with Gasteiger partial charge in [-0.15, -0.1) is 11.8 Å². The monoisotopic (exact) mass is 559 g/mol. The lowest BCUT2D eigenvalue weighted by molar-refractivity contribution is -0.384. The third kappa shape index (κ3) is 7.79. The van der Waals surface area contributed by atoms with E-state index in [4.69, 9.17) is 0 Å². The van der Waals surface area contributed by atoms with Crippen molar-refractivity contribution >= 4 is 51.2 Å². The summed E-state index contributed by atoms with van der Waals surface area (Å²) in [6, 6.07) is 29.3. The van der Waals surface area contributed by atoms with Crippen molar-refractivity contribution in [2.24, 2.45) is 0 Å². The van der Waals surface area contributed by atoms with Gasteiger partial charge in [0, 0.05) is 28.8 Å². The Hall–Kier alpha value is -4.41. The van der Waals surface area contributed by atoms with Crippen LogP contribution in [0.3, 0.4) is 0 Å². The van der Waals surface area contributed by atoms with Crippen LogP contribution in [0.4, 0.5) is 11.4 Å². The summed E-state index contributed by atoms with van der Waals surface area (Å²) in [5.41, 5.74) is 1.78. The molecule has 0 aliphatic carbocycles. The van der Waals surface area contributed by atoms with Crippen LogP contribution in [-0.4, -0.2) is 31.5 Å². The molecule has 4 aromatic rings. The van der Waals surface area contributed by atoms with Crippen molar-refractivity contribution in [2.75, 3.05) is 17.6 Å². The van der Waals surface area contributed by atoms with Gasteiger partial charge in [-0.3, -0.25) is 14.9 Å². The number of hydrogen-bond acceptors (Lipinski definition) is 7. The van der Waals surface area contributed by atoms with Gasteiger partial charge < -0.3 is 5.32 Å². The molecule has 4 rings (SSSR count). The van der Waals surface area contributed by atoms with E-state index in [1.54, 1.807) is 23.9 Å². The van der Waals surface area contributed by atoms with Crippen molar-refractivity contribution in [1.82, 2.24) is 4.72 Å². The molecule has 0 spiro atoms. The lowest BCUT2D eigenvalue weighted by Crippen LogP contribution is -2.30. The van der Waals surface area contributed by atoms with Gasteiger partial charge in [0.05, 0.1) is 9.82 Å². The Labute approximate surface area is 231 Å². The molecule has 0 heterocycles. The van der Waals surface area contributed by atoms with Gasteiger partial charge >= 0.3 is 0 Å². The van der Waals surface area contributed by atoms with Crippen LogP contribution < -0.4 is 10.0 Å². The smallest absolute Gasteiger partial charge is 0.293 e. The first-order valence-electron chi connectivity index (χ1n) is 11.9. The van der Waals surface area contributed by atoms with E-state index < -0.39 is 26.5 Å². The van der Waals surface area contributed by atoms with Crippen molar-refractivity contribution in [3.63, 3.8) is 0 Å². The molecule has 0 unspecified atom stereocenters. The van der Waals surface area contributed by atoms with Crippen LogP contribution in [0, 0.1) is 10.1 Å². The molecule has 10 heteroatoms. The van der Waals surface area contributed by atoms with Crippen LogP contribution >= 0.6 is 11.8 Å². The fourth-order valence-corrected chi connectivity index (χ4v) is 5.38. The first kappa shape index (κ1) is 27.6. The van der Waals surface area contributed by atoms with Crippen LogP contribution in [0.25, 0.3) is 12.2 Å². The summed E-state index contributed by atoms with van der Waals surface area (Å²) in [6.07, 6.45) is 3.80. The first-order valence-corrected chi connectivity index (χ1v) is 14.4. The van der Waals surface area contributed by atoms with Gasteiger partial charge in [-0.1, -0.05) is 72.8 Å². The Kier molecular flexibility index (Phi) is 9.14. The number of nitro benzene ring substituents is 1. The van der Waals surface area contributed by atoms with E-state index in [1.807, 2.05) is 77.5 Å². The molecule has 0 saturated heterocycles.